The number of likely N-dealkylation sites (tertiary alicyclic amines) is 1. The van der Waals surface area contributed by atoms with Gasteiger partial charge in [0.2, 0.25) is 10.0 Å². The van der Waals surface area contributed by atoms with Crippen molar-refractivity contribution < 1.29 is 23.1 Å². The molecule has 0 unspecified atom stereocenters. The lowest BCUT2D eigenvalue weighted by Crippen LogP contribution is -2.38. The minimum absolute atomic E-state index is 0.278. The zero-order valence-corrected chi connectivity index (χ0v) is 16.2. The van der Waals surface area contributed by atoms with Gasteiger partial charge in [0, 0.05) is 36.7 Å². The highest BCUT2D eigenvalue weighted by molar-refractivity contribution is 7.92. The Balaban J connectivity index is 1.53. The second-order valence-electron chi connectivity index (χ2n) is 6.73. The Kier molecular flexibility index (Phi) is 5.98. The van der Waals surface area contributed by atoms with Crippen molar-refractivity contribution in [3.63, 3.8) is 0 Å². The van der Waals surface area contributed by atoms with E-state index in [0.717, 1.165) is 30.2 Å². The van der Waals surface area contributed by atoms with Gasteiger partial charge in [-0.15, -0.1) is 0 Å². The van der Waals surface area contributed by atoms with Crippen LogP contribution in [0.5, 0.6) is 6.01 Å². The van der Waals surface area contributed by atoms with Crippen LogP contribution in [0, 0.1) is 5.92 Å². The van der Waals surface area contributed by atoms with E-state index in [9.17, 15) is 13.2 Å². The number of carboxylic acid groups (broad SMARTS) is 1. The normalized spacial score (nSPS) is 15.2. The van der Waals surface area contributed by atoms with Gasteiger partial charge in [-0.2, -0.15) is 0 Å². The van der Waals surface area contributed by atoms with Gasteiger partial charge in [-0.25, -0.2) is 23.2 Å². The molecule has 1 aliphatic rings. The smallest absolute Gasteiger partial charge is 0.407 e. The van der Waals surface area contributed by atoms with Crippen LogP contribution in [0.1, 0.15) is 12.8 Å². The van der Waals surface area contributed by atoms with E-state index in [1.807, 2.05) is 0 Å². The van der Waals surface area contributed by atoms with E-state index in [2.05, 4.69) is 14.7 Å². The number of amides is 1. The van der Waals surface area contributed by atoms with E-state index in [4.69, 9.17) is 9.84 Å². The Labute approximate surface area is 163 Å². The fourth-order valence-electron chi connectivity index (χ4n) is 2.97. The Morgan fingerprint density at radius 1 is 1.18 bits per heavy atom. The van der Waals surface area contributed by atoms with Crippen LogP contribution in [-0.2, 0) is 10.0 Å². The SMILES string of the molecule is CS(=O)(=O)Nc1ccc(-c2cnc(OCC3CCN(C(=O)O)CC3)nc2)cc1. The largest absolute Gasteiger partial charge is 0.465 e. The van der Waals surface area contributed by atoms with E-state index in [1.165, 1.54) is 4.90 Å². The quantitative estimate of drug-likeness (QED) is 0.755. The summed E-state index contributed by atoms with van der Waals surface area (Å²) in [6.07, 6.45) is 5.04. The van der Waals surface area contributed by atoms with Crippen LogP contribution >= 0.6 is 0 Å². The summed E-state index contributed by atoms with van der Waals surface area (Å²) in [5.41, 5.74) is 2.13. The van der Waals surface area contributed by atoms with Crippen LogP contribution in [-0.4, -0.2) is 60.4 Å². The van der Waals surface area contributed by atoms with E-state index >= 15 is 0 Å². The third kappa shape index (κ3) is 5.56. The zero-order chi connectivity index (χ0) is 20.1. The maximum atomic E-state index is 11.2. The Bertz CT molecular complexity index is 908. The number of piperidine rings is 1. The fourth-order valence-corrected chi connectivity index (χ4v) is 3.53. The van der Waals surface area contributed by atoms with Gasteiger partial charge in [0.25, 0.3) is 0 Å². The average molecular weight is 406 g/mol. The topological polar surface area (TPSA) is 122 Å². The van der Waals surface area contributed by atoms with Crippen molar-refractivity contribution in [3.8, 4) is 17.1 Å². The summed E-state index contributed by atoms with van der Waals surface area (Å²) < 4.78 is 30.5. The lowest BCUT2D eigenvalue weighted by atomic mass is 9.98. The van der Waals surface area contributed by atoms with Crippen LogP contribution in [0.4, 0.5) is 10.5 Å². The Morgan fingerprint density at radius 2 is 1.79 bits per heavy atom. The van der Waals surface area contributed by atoms with Crippen molar-refractivity contribution in [3.05, 3.63) is 36.7 Å². The highest BCUT2D eigenvalue weighted by Gasteiger charge is 2.22. The molecule has 0 atom stereocenters. The van der Waals surface area contributed by atoms with E-state index in [0.29, 0.717) is 25.4 Å². The minimum Gasteiger partial charge on any atom is -0.465 e. The van der Waals surface area contributed by atoms with E-state index in [-0.39, 0.29) is 11.9 Å². The van der Waals surface area contributed by atoms with Crippen LogP contribution in [0.15, 0.2) is 36.7 Å². The number of anilines is 1. The number of aromatic nitrogens is 2. The molecule has 150 valence electrons. The molecule has 9 nitrogen and oxygen atoms in total. The first-order valence-electron chi connectivity index (χ1n) is 8.81. The van der Waals surface area contributed by atoms with Crippen molar-refractivity contribution >= 4 is 21.8 Å². The number of ether oxygens (including phenoxy) is 1. The van der Waals surface area contributed by atoms with Gasteiger partial charge in [0.05, 0.1) is 12.9 Å². The minimum atomic E-state index is -3.31. The summed E-state index contributed by atoms with van der Waals surface area (Å²) in [5, 5.41) is 8.96. The molecule has 0 spiro atoms. The standard InChI is InChI=1S/C18H22N4O5S/c1-28(25,26)21-16-4-2-14(3-5-16)15-10-19-17(20-11-15)27-12-13-6-8-22(9-7-13)18(23)24/h2-5,10-11,13,21H,6-9,12H2,1H3,(H,23,24). The number of hydrogen-bond acceptors (Lipinski definition) is 6. The van der Waals surface area contributed by atoms with Gasteiger partial charge in [-0.1, -0.05) is 12.1 Å². The summed E-state index contributed by atoms with van der Waals surface area (Å²) in [4.78, 5) is 20.8. The monoisotopic (exact) mass is 406 g/mol. The second kappa shape index (κ2) is 8.42. The molecule has 1 amide bonds. The van der Waals surface area contributed by atoms with Crippen LogP contribution in [0.2, 0.25) is 0 Å². The first-order chi connectivity index (χ1) is 13.3. The number of carbonyl (C=O) groups is 1. The highest BCUT2D eigenvalue weighted by Crippen LogP contribution is 2.22. The molecule has 0 radical (unpaired) electrons. The van der Waals surface area contributed by atoms with Gasteiger partial charge < -0.3 is 14.7 Å². The first kappa shape index (κ1) is 19.9. The van der Waals surface area contributed by atoms with Gasteiger partial charge in [0.1, 0.15) is 0 Å². The summed E-state index contributed by atoms with van der Waals surface area (Å²) in [6, 6.07) is 7.18. The molecule has 2 aromatic rings. The van der Waals surface area contributed by atoms with Crippen molar-refractivity contribution in [1.82, 2.24) is 14.9 Å². The van der Waals surface area contributed by atoms with E-state index < -0.39 is 16.1 Å². The molecule has 1 aromatic heterocycles. The molecule has 1 aliphatic heterocycles. The fraction of sp³-hybridized carbons (Fsp3) is 0.389. The highest BCUT2D eigenvalue weighted by atomic mass is 32.2. The molecule has 0 bridgehead atoms. The molecule has 2 heterocycles. The van der Waals surface area contributed by atoms with Gasteiger partial charge in [0.15, 0.2) is 0 Å². The summed E-state index contributed by atoms with van der Waals surface area (Å²) in [7, 11) is -3.31. The van der Waals surface area contributed by atoms with Crippen molar-refractivity contribution in [2.45, 2.75) is 12.8 Å². The first-order valence-corrected chi connectivity index (χ1v) is 10.7. The molecule has 1 fully saturated rings. The van der Waals surface area contributed by atoms with E-state index in [1.54, 1.807) is 36.7 Å². The molecule has 0 saturated carbocycles. The number of sulfonamides is 1. The molecule has 0 aliphatic carbocycles. The average Bonchev–Trinajstić information content (AvgIpc) is 2.66. The number of benzene rings is 1. The summed E-state index contributed by atoms with van der Waals surface area (Å²) in [5.74, 6) is 0.286. The number of hydrogen-bond donors (Lipinski definition) is 2. The molecule has 28 heavy (non-hydrogen) atoms. The predicted octanol–water partition coefficient (Wildman–Crippen LogP) is 2.28. The molecule has 2 N–H and O–H groups in total. The van der Waals surface area contributed by atoms with Crippen molar-refractivity contribution in [1.29, 1.82) is 0 Å². The molecular formula is C18H22N4O5S. The number of nitrogens with one attached hydrogen (secondary N) is 1. The lowest BCUT2D eigenvalue weighted by Gasteiger charge is -2.29. The number of rotatable bonds is 6. The molecular weight excluding hydrogens is 384 g/mol. The molecule has 10 heteroatoms. The summed E-state index contributed by atoms with van der Waals surface area (Å²) in [6.45, 7) is 1.50. The second-order valence-corrected chi connectivity index (χ2v) is 8.48. The maximum absolute atomic E-state index is 11.2. The van der Waals surface area contributed by atoms with Crippen LogP contribution in [0.3, 0.4) is 0 Å². The number of nitrogens with zero attached hydrogens (tertiary/aromatic N) is 3. The maximum Gasteiger partial charge on any atom is 0.407 e. The van der Waals surface area contributed by atoms with Gasteiger partial charge in [-0.3, -0.25) is 4.72 Å². The Hall–Kier alpha value is -2.88. The molecule has 1 aromatic carbocycles. The predicted molar refractivity (Wildman–Crippen MR) is 104 cm³/mol. The van der Waals surface area contributed by atoms with Gasteiger partial charge in [-0.05, 0) is 36.5 Å². The van der Waals surface area contributed by atoms with Crippen LogP contribution in [0.25, 0.3) is 11.1 Å². The molecule has 1 saturated heterocycles. The van der Waals surface area contributed by atoms with Crippen molar-refractivity contribution in [2.24, 2.45) is 5.92 Å². The van der Waals surface area contributed by atoms with Crippen LogP contribution < -0.4 is 9.46 Å². The zero-order valence-electron chi connectivity index (χ0n) is 15.4. The third-order valence-corrected chi connectivity index (χ3v) is 5.09. The lowest BCUT2D eigenvalue weighted by molar-refractivity contribution is 0.110. The third-order valence-electron chi connectivity index (χ3n) is 4.48. The van der Waals surface area contributed by atoms with Gasteiger partial charge >= 0.3 is 12.1 Å². The molecule has 3 rings (SSSR count). The Morgan fingerprint density at radius 3 is 2.32 bits per heavy atom. The van der Waals surface area contributed by atoms with Crippen molar-refractivity contribution in [2.75, 3.05) is 30.7 Å². The summed E-state index contributed by atoms with van der Waals surface area (Å²) >= 11 is 0.